The average molecular weight is 672 g/mol. The standard InChI is InChI=1S/C40H41N5O5/c1-38(2,3)40(36(41)48,26-17-9-7-10-18-26)44-33-24-16-15-23-32(33)43(27-19-11-8-12-20-27)34(46)29(35(44)47)25-30-28-21-13-14-22-31(28)45(42-30)37(49)50-39(4,5)6/h7-24,29H,25H2,1-6H3,(H2,41,48). The molecule has 1 aliphatic heterocycles. The highest BCUT2D eigenvalue weighted by molar-refractivity contribution is 6.22. The Hall–Kier alpha value is -5.77. The van der Waals surface area contributed by atoms with E-state index in [0.29, 0.717) is 39.2 Å². The summed E-state index contributed by atoms with van der Waals surface area (Å²) in [5.74, 6) is -3.29. The van der Waals surface area contributed by atoms with Crippen molar-refractivity contribution >= 4 is 51.8 Å². The van der Waals surface area contributed by atoms with Crippen LogP contribution in [-0.2, 0) is 31.1 Å². The molecule has 0 bridgehead atoms. The quantitative estimate of drug-likeness (QED) is 0.192. The smallest absolute Gasteiger partial charge is 0.435 e. The lowest BCUT2D eigenvalue weighted by Gasteiger charge is -2.50. The minimum absolute atomic E-state index is 0.185. The number of para-hydroxylation sites is 4. The van der Waals surface area contributed by atoms with E-state index in [4.69, 9.17) is 10.5 Å². The fourth-order valence-corrected chi connectivity index (χ4v) is 6.98. The van der Waals surface area contributed by atoms with Crippen molar-refractivity contribution in [1.29, 1.82) is 0 Å². The molecule has 2 atom stereocenters. The molecule has 2 N–H and O–H groups in total. The molecule has 0 spiro atoms. The van der Waals surface area contributed by atoms with Crippen molar-refractivity contribution in [3.05, 3.63) is 120 Å². The topological polar surface area (TPSA) is 128 Å². The summed E-state index contributed by atoms with van der Waals surface area (Å²) >= 11 is 0. The van der Waals surface area contributed by atoms with Gasteiger partial charge in [-0.2, -0.15) is 9.78 Å². The molecule has 0 saturated heterocycles. The van der Waals surface area contributed by atoms with Crippen LogP contribution in [0, 0.1) is 11.3 Å². The largest absolute Gasteiger partial charge is 0.442 e. The van der Waals surface area contributed by atoms with Crippen LogP contribution in [0.1, 0.15) is 52.8 Å². The molecule has 2 unspecified atom stereocenters. The number of carbonyl (C=O) groups is 4. The normalized spacial score (nSPS) is 16.5. The predicted octanol–water partition coefficient (Wildman–Crippen LogP) is 7.12. The number of nitrogens with zero attached hydrogens (tertiary/aromatic N) is 4. The van der Waals surface area contributed by atoms with Crippen molar-refractivity contribution < 1.29 is 23.9 Å². The van der Waals surface area contributed by atoms with E-state index in [0.717, 1.165) is 4.68 Å². The molecule has 3 amide bonds. The third kappa shape index (κ3) is 5.70. The van der Waals surface area contributed by atoms with Gasteiger partial charge in [-0.15, -0.1) is 0 Å². The zero-order valence-corrected chi connectivity index (χ0v) is 29.1. The molecule has 5 aromatic rings. The Balaban J connectivity index is 1.63. The van der Waals surface area contributed by atoms with Gasteiger partial charge < -0.3 is 10.5 Å². The molecule has 10 heteroatoms. The van der Waals surface area contributed by atoms with Gasteiger partial charge in [-0.05, 0) is 62.1 Å². The van der Waals surface area contributed by atoms with Crippen LogP contribution in [0.15, 0.2) is 109 Å². The maximum Gasteiger partial charge on any atom is 0.435 e. The molecule has 2 heterocycles. The first-order chi connectivity index (χ1) is 23.7. The van der Waals surface area contributed by atoms with Gasteiger partial charge in [0.2, 0.25) is 17.7 Å². The zero-order valence-electron chi connectivity index (χ0n) is 29.1. The second-order valence-corrected chi connectivity index (χ2v) is 14.5. The summed E-state index contributed by atoms with van der Waals surface area (Å²) < 4.78 is 6.81. The molecule has 0 aliphatic carbocycles. The van der Waals surface area contributed by atoms with Crippen molar-refractivity contribution in [3.8, 4) is 0 Å². The fraction of sp³-hybridized carbons (Fsp3) is 0.275. The first-order valence-electron chi connectivity index (χ1n) is 16.5. The van der Waals surface area contributed by atoms with E-state index in [-0.39, 0.29) is 6.42 Å². The van der Waals surface area contributed by atoms with E-state index >= 15 is 9.59 Å². The zero-order chi connectivity index (χ0) is 36.0. The van der Waals surface area contributed by atoms with Crippen LogP contribution in [0.25, 0.3) is 10.9 Å². The van der Waals surface area contributed by atoms with Gasteiger partial charge in [0.1, 0.15) is 11.5 Å². The maximum atomic E-state index is 15.5. The van der Waals surface area contributed by atoms with Crippen LogP contribution in [0.5, 0.6) is 0 Å². The molecule has 0 saturated carbocycles. The third-order valence-corrected chi connectivity index (χ3v) is 9.01. The molecule has 6 rings (SSSR count). The number of fused-ring (bicyclic) bond motifs is 2. The first kappa shape index (κ1) is 34.1. The fourth-order valence-electron chi connectivity index (χ4n) is 6.98. The van der Waals surface area contributed by atoms with Crippen molar-refractivity contribution in [3.63, 3.8) is 0 Å². The second-order valence-electron chi connectivity index (χ2n) is 14.5. The predicted molar refractivity (Wildman–Crippen MR) is 193 cm³/mol. The lowest BCUT2D eigenvalue weighted by Crippen LogP contribution is -2.65. The highest BCUT2D eigenvalue weighted by Crippen LogP contribution is 2.51. The number of ether oxygens (including phenoxy) is 1. The van der Waals surface area contributed by atoms with E-state index in [1.807, 2.05) is 45.0 Å². The van der Waals surface area contributed by atoms with Gasteiger partial charge in [0.25, 0.3) is 0 Å². The van der Waals surface area contributed by atoms with Gasteiger partial charge in [0, 0.05) is 17.5 Å². The van der Waals surface area contributed by atoms with Gasteiger partial charge >= 0.3 is 6.09 Å². The van der Waals surface area contributed by atoms with E-state index in [1.54, 1.807) is 106 Å². The molecular formula is C40H41N5O5. The third-order valence-electron chi connectivity index (χ3n) is 9.01. The molecule has 50 heavy (non-hydrogen) atoms. The number of nitrogens with two attached hydrogens (primary N) is 1. The maximum absolute atomic E-state index is 15.5. The SMILES string of the molecule is CC(C)(C)OC(=O)n1nc(CC2C(=O)N(c3ccccc3)c3ccccc3N(C(C(N)=O)(c3ccccc3)C(C)(C)C)C2=O)c2ccccc21. The Labute approximate surface area is 291 Å². The number of carbonyl (C=O) groups excluding carboxylic acids is 4. The molecule has 10 nitrogen and oxygen atoms in total. The summed E-state index contributed by atoms with van der Waals surface area (Å²) in [6.07, 6.45) is -0.877. The number of hydrogen-bond donors (Lipinski definition) is 1. The lowest BCUT2D eigenvalue weighted by molar-refractivity contribution is -0.138. The van der Waals surface area contributed by atoms with Gasteiger partial charge in [-0.3, -0.25) is 24.2 Å². The number of primary amides is 1. The molecule has 1 aromatic heterocycles. The van der Waals surface area contributed by atoms with Crippen molar-refractivity contribution in [2.75, 3.05) is 9.80 Å². The molecule has 0 fully saturated rings. The molecule has 1 aliphatic rings. The lowest BCUT2D eigenvalue weighted by atomic mass is 9.67. The Morgan fingerprint density at radius 1 is 0.740 bits per heavy atom. The van der Waals surface area contributed by atoms with Crippen LogP contribution < -0.4 is 15.5 Å². The van der Waals surface area contributed by atoms with Gasteiger partial charge in [0.15, 0.2) is 5.54 Å². The first-order valence-corrected chi connectivity index (χ1v) is 16.5. The second kappa shape index (κ2) is 12.6. The molecule has 256 valence electrons. The minimum atomic E-state index is -1.75. The summed E-state index contributed by atoms with van der Waals surface area (Å²) in [6, 6.07) is 32.2. The summed E-state index contributed by atoms with van der Waals surface area (Å²) in [4.78, 5) is 61.0. The van der Waals surface area contributed by atoms with E-state index in [9.17, 15) is 9.59 Å². The minimum Gasteiger partial charge on any atom is -0.442 e. The molecular weight excluding hydrogens is 630 g/mol. The van der Waals surface area contributed by atoms with Gasteiger partial charge in [-0.25, -0.2) is 4.79 Å². The Kier molecular flexibility index (Phi) is 8.59. The summed E-state index contributed by atoms with van der Waals surface area (Å²) in [6.45, 7) is 10.8. The number of rotatable bonds is 6. The van der Waals surface area contributed by atoms with Crippen LogP contribution in [0.4, 0.5) is 21.9 Å². The van der Waals surface area contributed by atoms with E-state index in [2.05, 4.69) is 5.10 Å². The van der Waals surface area contributed by atoms with Crippen LogP contribution in [-0.4, -0.2) is 39.2 Å². The summed E-state index contributed by atoms with van der Waals surface area (Å²) in [7, 11) is 0. The molecule has 4 aromatic carbocycles. The van der Waals surface area contributed by atoms with Crippen molar-refractivity contribution in [2.45, 2.75) is 59.1 Å². The van der Waals surface area contributed by atoms with Gasteiger partial charge in [-0.1, -0.05) is 99.6 Å². The number of benzene rings is 4. The monoisotopic (exact) mass is 671 g/mol. The van der Waals surface area contributed by atoms with E-state index < -0.39 is 46.3 Å². The summed E-state index contributed by atoms with van der Waals surface area (Å²) in [5.41, 5.74) is 5.54. The van der Waals surface area contributed by atoms with Crippen LogP contribution in [0.2, 0.25) is 0 Å². The Bertz CT molecular complexity index is 2100. The van der Waals surface area contributed by atoms with Crippen molar-refractivity contribution in [2.24, 2.45) is 17.1 Å². The number of anilines is 3. The van der Waals surface area contributed by atoms with Crippen molar-refractivity contribution in [1.82, 2.24) is 9.78 Å². The van der Waals surface area contributed by atoms with E-state index in [1.165, 1.54) is 9.80 Å². The Morgan fingerprint density at radius 2 is 1.30 bits per heavy atom. The highest BCUT2D eigenvalue weighted by atomic mass is 16.6. The highest BCUT2D eigenvalue weighted by Gasteiger charge is 2.59. The number of hydrogen-bond acceptors (Lipinski definition) is 6. The van der Waals surface area contributed by atoms with Crippen LogP contribution >= 0.6 is 0 Å². The van der Waals surface area contributed by atoms with Gasteiger partial charge in [0.05, 0.1) is 22.6 Å². The molecule has 0 radical (unpaired) electrons. The average Bonchev–Trinajstić information content (AvgIpc) is 3.40. The van der Waals surface area contributed by atoms with Crippen LogP contribution in [0.3, 0.4) is 0 Å². The summed E-state index contributed by atoms with van der Waals surface area (Å²) in [5, 5.41) is 5.23. The number of amides is 3. The number of aromatic nitrogens is 2. The Morgan fingerprint density at radius 3 is 1.90 bits per heavy atom.